The highest BCUT2D eigenvalue weighted by Crippen LogP contribution is 2.15. The van der Waals surface area contributed by atoms with Gasteiger partial charge < -0.3 is 9.64 Å². The van der Waals surface area contributed by atoms with Crippen molar-refractivity contribution in [2.45, 2.75) is 45.9 Å². The Morgan fingerprint density at radius 1 is 1.43 bits per heavy atom. The van der Waals surface area contributed by atoms with Crippen LogP contribution in [0.25, 0.3) is 0 Å². The molecule has 0 aliphatic carbocycles. The molecule has 1 aliphatic rings. The van der Waals surface area contributed by atoms with Crippen LogP contribution in [0.4, 0.5) is 0 Å². The second-order valence-electron chi connectivity index (χ2n) is 6.30. The Balaban J connectivity index is 1.87. The molecule has 1 unspecified atom stereocenters. The summed E-state index contributed by atoms with van der Waals surface area (Å²) >= 11 is 0. The van der Waals surface area contributed by atoms with Gasteiger partial charge in [0.25, 0.3) is 0 Å². The van der Waals surface area contributed by atoms with E-state index in [0.29, 0.717) is 6.10 Å². The van der Waals surface area contributed by atoms with Crippen molar-refractivity contribution < 1.29 is 4.74 Å². The molecule has 0 N–H and O–H groups in total. The van der Waals surface area contributed by atoms with Gasteiger partial charge in [0, 0.05) is 44.0 Å². The highest BCUT2D eigenvalue weighted by Gasteiger charge is 2.21. The van der Waals surface area contributed by atoms with Crippen LogP contribution in [-0.4, -0.2) is 66.0 Å². The highest BCUT2D eigenvalue weighted by molar-refractivity contribution is 5.16. The summed E-state index contributed by atoms with van der Waals surface area (Å²) in [4.78, 5) is 4.73. The van der Waals surface area contributed by atoms with Gasteiger partial charge in [-0.3, -0.25) is 9.58 Å². The number of nitrogens with zero attached hydrogens (tertiary/aromatic N) is 4. The Hall–Kier alpha value is -0.910. The summed E-state index contributed by atoms with van der Waals surface area (Å²) in [5.41, 5.74) is 2.67. The lowest BCUT2D eigenvalue weighted by Gasteiger charge is -2.33. The number of ether oxygens (including phenoxy) is 1. The molecule has 120 valence electrons. The van der Waals surface area contributed by atoms with Gasteiger partial charge in [0.05, 0.1) is 18.9 Å². The number of aromatic nitrogens is 2. The molecule has 1 aliphatic heterocycles. The van der Waals surface area contributed by atoms with Gasteiger partial charge in [0.1, 0.15) is 0 Å². The third-order valence-corrected chi connectivity index (χ3v) is 4.16. The van der Waals surface area contributed by atoms with E-state index in [1.807, 2.05) is 6.20 Å². The van der Waals surface area contributed by atoms with E-state index in [2.05, 4.69) is 47.5 Å². The smallest absolute Gasteiger partial charge is 0.0714 e. The number of aryl methyl sites for hydroxylation is 1. The fraction of sp³-hybridized carbons (Fsp3) is 0.812. The SMILES string of the molecule is CCCn1ncc(CN2CCOC(CCN(C)C)C2)c1C. The molecule has 0 radical (unpaired) electrons. The van der Waals surface area contributed by atoms with E-state index >= 15 is 0 Å². The van der Waals surface area contributed by atoms with Crippen LogP contribution in [0, 0.1) is 6.92 Å². The first-order chi connectivity index (χ1) is 10.1. The van der Waals surface area contributed by atoms with E-state index < -0.39 is 0 Å². The van der Waals surface area contributed by atoms with Crippen LogP contribution >= 0.6 is 0 Å². The maximum atomic E-state index is 5.88. The van der Waals surface area contributed by atoms with E-state index in [1.54, 1.807) is 0 Å². The van der Waals surface area contributed by atoms with Crippen molar-refractivity contribution in [1.82, 2.24) is 19.6 Å². The Morgan fingerprint density at radius 3 is 2.95 bits per heavy atom. The molecule has 0 spiro atoms. The van der Waals surface area contributed by atoms with Crippen LogP contribution in [-0.2, 0) is 17.8 Å². The average molecular weight is 294 g/mol. The predicted molar refractivity (Wildman–Crippen MR) is 85.4 cm³/mol. The quantitative estimate of drug-likeness (QED) is 0.767. The third-order valence-electron chi connectivity index (χ3n) is 4.16. The van der Waals surface area contributed by atoms with E-state index in [1.165, 1.54) is 11.3 Å². The van der Waals surface area contributed by atoms with Crippen LogP contribution in [0.2, 0.25) is 0 Å². The first-order valence-corrected chi connectivity index (χ1v) is 8.10. The Kier molecular flexibility index (Phi) is 6.21. The van der Waals surface area contributed by atoms with E-state index in [9.17, 15) is 0 Å². The monoisotopic (exact) mass is 294 g/mol. The zero-order chi connectivity index (χ0) is 15.2. The third kappa shape index (κ3) is 4.80. The van der Waals surface area contributed by atoms with Crippen LogP contribution in [0.15, 0.2) is 6.20 Å². The first kappa shape index (κ1) is 16.5. The summed E-state index contributed by atoms with van der Waals surface area (Å²) in [7, 11) is 4.23. The lowest BCUT2D eigenvalue weighted by molar-refractivity contribution is -0.0370. The summed E-state index contributed by atoms with van der Waals surface area (Å²) in [6, 6.07) is 0. The second-order valence-corrected chi connectivity index (χ2v) is 6.30. The van der Waals surface area contributed by atoms with Crippen molar-refractivity contribution in [3.8, 4) is 0 Å². The molecular formula is C16H30N4O. The summed E-state index contributed by atoms with van der Waals surface area (Å²) < 4.78 is 8.01. The van der Waals surface area contributed by atoms with E-state index in [0.717, 1.165) is 52.2 Å². The van der Waals surface area contributed by atoms with Crippen molar-refractivity contribution in [2.24, 2.45) is 0 Å². The lowest BCUT2D eigenvalue weighted by atomic mass is 10.1. The zero-order valence-electron chi connectivity index (χ0n) is 14.0. The average Bonchev–Trinajstić information content (AvgIpc) is 2.79. The van der Waals surface area contributed by atoms with Gasteiger partial charge in [-0.2, -0.15) is 5.10 Å². The maximum absolute atomic E-state index is 5.88. The van der Waals surface area contributed by atoms with Crippen LogP contribution in [0.5, 0.6) is 0 Å². The molecule has 0 bridgehead atoms. The molecule has 0 saturated carbocycles. The number of rotatable bonds is 7. The van der Waals surface area contributed by atoms with Crippen molar-refractivity contribution in [2.75, 3.05) is 40.3 Å². The van der Waals surface area contributed by atoms with Crippen LogP contribution in [0.1, 0.15) is 31.0 Å². The fourth-order valence-electron chi connectivity index (χ4n) is 2.82. The van der Waals surface area contributed by atoms with Gasteiger partial charge in [-0.15, -0.1) is 0 Å². The summed E-state index contributed by atoms with van der Waals surface area (Å²) in [6.45, 7) is 10.4. The second kappa shape index (κ2) is 7.92. The Labute approximate surface area is 128 Å². The van der Waals surface area contributed by atoms with Crippen molar-refractivity contribution >= 4 is 0 Å². The van der Waals surface area contributed by atoms with Crippen LogP contribution < -0.4 is 0 Å². The topological polar surface area (TPSA) is 33.5 Å². The van der Waals surface area contributed by atoms with Gasteiger partial charge in [-0.05, 0) is 33.9 Å². The molecule has 5 heteroatoms. The molecule has 1 aromatic rings. The standard InChI is InChI=1S/C16H30N4O/c1-5-7-20-14(2)15(11-17-20)12-19-9-10-21-16(13-19)6-8-18(3)4/h11,16H,5-10,12-13H2,1-4H3. The molecule has 5 nitrogen and oxygen atoms in total. The molecule has 21 heavy (non-hydrogen) atoms. The predicted octanol–water partition coefficient (Wildman–Crippen LogP) is 1.75. The van der Waals surface area contributed by atoms with Crippen molar-refractivity contribution in [3.05, 3.63) is 17.5 Å². The highest BCUT2D eigenvalue weighted by atomic mass is 16.5. The molecule has 1 saturated heterocycles. The lowest BCUT2D eigenvalue weighted by Crippen LogP contribution is -2.43. The summed E-state index contributed by atoms with van der Waals surface area (Å²) in [6.07, 6.45) is 4.64. The normalized spacial score (nSPS) is 20.3. The van der Waals surface area contributed by atoms with E-state index in [-0.39, 0.29) is 0 Å². The van der Waals surface area contributed by atoms with Gasteiger partial charge >= 0.3 is 0 Å². The zero-order valence-corrected chi connectivity index (χ0v) is 14.0. The molecule has 0 aromatic carbocycles. The molecule has 1 atom stereocenters. The Morgan fingerprint density at radius 2 is 2.24 bits per heavy atom. The van der Waals surface area contributed by atoms with Gasteiger partial charge in [0.2, 0.25) is 0 Å². The number of hydrogen-bond acceptors (Lipinski definition) is 4. The molecule has 0 amide bonds. The van der Waals surface area contributed by atoms with Gasteiger partial charge in [0.15, 0.2) is 0 Å². The molecule has 1 fully saturated rings. The minimum absolute atomic E-state index is 0.368. The largest absolute Gasteiger partial charge is 0.376 e. The minimum atomic E-state index is 0.368. The van der Waals surface area contributed by atoms with E-state index in [4.69, 9.17) is 4.74 Å². The summed E-state index contributed by atoms with van der Waals surface area (Å²) in [5, 5.41) is 4.50. The maximum Gasteiger partial charge on any atom is 0.0714 e. The fourth-order valence-corrected chi connectivity index (χ4v) is 2.82. The van der Waals surface area contributed by atoms with Gasteiger partial charge in [-0.1, -0.05) is 6.92 Å². The van der Waals surface area contributed by atoms with Gasteiger partial charge in [-0.25, -0.2) is 0 Å². The minimum Gasteiger partial charge on any atom is -0.376 e. The molecule has 1 aromatic heterocycles. The van der Waals surface area contributed by atoms with Crippen molar-refractivity contribution in [3.63, 3.8) is 0 Å². The first-order valence-electron chi connectivity index (χ1n) is 8.10. The molecule has 2 rings (SSSR count). The van der Waals surface area contributed by atoms with Crippen molar-refractivity contribution in [1.29, 1.82) is 0 Å². The number of hydrogen-bond donors (Lipinski definition) is 0. The molecular weight excluding hydrogens is 264 g/mol. The van der Waals surface area contributed by atoms with Crippen LogP contribution in [0.3, 0.4) is 0 Å². The molecule has 2 heterocycles. The number of morpholine rings is 1. The summed E-state index contributed by atoms with van der Waals surface area (Å²) in [5.74, 6) is 0. The Bertz CT molecular complexity index is 430.